The van der Waals surface area contributed by atoms with Gasteiger partial charge < -0.3 is 14.8 Å². The summed E-state index contributed by atoms with van der Waals surface area (Å²) < 4.78 is 9.84. The number of benzene rings is 1. The zero-order valence-electron chi connectivity index (χ0n) is 15.3. The van der Waals surface area contributed by atoms with E-state index in [0.29, 0.717) is 0 Å². The van der Waals surface area contributed by atoms with Crippen LogP contribution in [-0.4, -0.2) is 47.6 Å². The predicted molar refractivity (Wildman–Crippen MR) is 93.9 cm³/mol. The normalized spacial score (nSPS) is 18.7. The van der Waals surface area contributed by atoms with Crippen LogP contribution < -0.4 is 10.7 Å². The number of esters is 1. The summed E-state index contributed by atoms with van der Waals surface area (Å²) in [5.41, 5.74) is 1.79. The van der Waals surface area contributed by atoms with Crippen LogP contribution >= 0.6 is 0 Å². The Balaban J connectivity index is 1.94. The van der Waals surface area contributed by atoms with Gasteiger partial charge in [-0.2, -0.15) is 0 Å². The Bertz CT molecular complexity index is 708. The Labute approximate surface area is 157 Å². The van der Waals surface area contributed by atoms with Gasteiger partial charge in [0.1, 0.15) is 18.7 Å². The van der Waals surface area contributed by atoms with Gasteiger partial charge in [0.05, 0.1) is 6.61 Å². The van der Waals surface area contributed by atoms with Crippen molar-refractivity contribution < 1.29 is 28.7 Å². The molecule has 1 unspecified atom stereocenters. The van der Waals surface area contributed by atoms with Gasteiger partial charge in [-0.25, -0.2) is 15.2 Å². The number of nitrogens with zero attached hydrogens (tertiary/aromatic N) is 1. The van der Waals surface area contributed by atoms with Gasteiger partial charge in [-0.05, 0) is 25.8 Å². The zero-order valence-corrected chi connectivity index (χ0v) is 15.3. The molecule has 0 aliphatic carbocycles. The van der Waals surface area contributed by atoms with E-state index in [1.54, 1.807) is 19.1 Å². The molecular formula is C18H23N3O6. The molecule has 9 nitrogen and oxygen atoms in total. The van der Waals surface area contributed by atoms with E-state index >= 15 is 0 Å². The second-order valence-electron chi connectivity index (χ2n) is 6.16. The van der Waals surface area contributed by atoms with Crippen molar-refractivity contribution in [2.24, 2.45) is 0 Å². The average molecular weight is 377 g/mol. The minimum atomic E-state index is -1.32. The van der Waals surface area contributed by atoms with Crippen LogP contribution in [0.15, 0.2) is 30.3 Å². The van der Waals surface area contributed by atoms with Gasteiger partial charge in [0.25, 0.3) is 0 Å². The fourth-order valence-electron chi connectivity index (χ4n) is 2.65. The maximum absolute atomic E-state index is 12.5. The number of ether oxygens (including phenoxy) is 2. The molecule has 1 aliphatic rings. The highest BCUT2D eigenvalue weighted by Crippen LogP contribution is 2.28. The molecule has 0 radical (unpaired) electrons. The fourth-order valence-corrected chi connectivity index (χ4v) is 2.65. The lowest BCUT2D eigenvalue weighted by Gasteiger charge is -2.33. The molecule has 2 N–H and O–H groups in total. The number of hydrogen-bond acceptors (Lipinski definition) is 6. The summed E-state index contributed by atoms with van der Waals surface area (Å²) in [6.45, 7) is 3.08. The third-order valence-electron chi connectivity index (χ3n) is 4.17. The molecule has 27 heavy (non-hydrogen) atoms. The Kier molecular flexibility index (Phi) is 6.75. The van der Waals surface area contributed by atoms with Crippen molar-refractivity contribution in [3.63, 3.8) is 0 Å². The van der Waals surface area contributed by atoms with Crippen molar-refractivity contribution in [3.8, 4) is 0 Å². The van der Waals surface area contributed by atoms with E-state index in [1.165, 1.54) is 6.92 Å². The molecule has 0 bridgehead atoms. The van der Waals surface area contributed by atoms with Crippen molar-refractivity contribution in [1.82, 2.24) is 15.8 Å². The molecule has 1 aromatic carbocycles. The van der Waals surface area contributed by atoms with Crippen LogP contribution in [0.4, 0.5) is 4.79 Å². The van der Waals surface area contributed by atoms with Crippen molar-refractivity contribution in [2.75, 3.05) is 13.2 Å². The molecule has 1 saturated heterocycles. The predicted octanol–water partition coefficient (Wildman–Crippen LogP) is 0.888. The van der Waals surface area contributed by atoms with E-state index in [4.69, 9.17) is 9.47 Å². The lowest BCUT2D eigenvalue weighted by molar-refractivity contribution is -0.147. The highest BCUT2D eigenvalue weighted by molar-refractivity contribution is 5.96. The second-order valence-corrected chi connectivity index (χ2v) is 6.16. The molecule has 0 spiro atoms. The van der Waals surface area contributed by atoms with Crippen LogP contribution in [0.3, 0.4) is 0 Å². The molecule has 1 heterocycles. The molecule has 9 heteroatoms. The molecule has 3 amide bonds. The van der Waals surface area contributed by atoms with Gasteiger partial charge in [0.15, 0.2) is 0 Å². The van der Waals surface area contributed by atoms with Crippen LogP contribution in [0, 0.1) is 0 Å². The van der Waals surface area contributed by atoms with Gasteiger partial charge in [-0.1, -0.05) is 30.3 Å². The third kappa shape index (κ3) is 5.19. The first-order valence-corrected chi connectivity index (χ1v) is 8.61. The summed E-state index contributed by atoms with van der Waals surface area (Å²) in [6.07, 6.45) is -0.569. The maximum Gasteiger partial charge on any atom is 0.426 e. The average Bonchev–Trinajstić information content (AvgIpc) is 2.95. The Hall–Kier alpha value is -3.10. The SMILES string of the molecule is CCOC(=O)CNC(=O)C1(C)CCC(=O)N1NC(=O)OCc1ccccc1. The lowest BCUT2D eigenvalue weighted by Crippen LogP contribution is -2.61. The zero-order chi connectivity index (χ0) is 19.9. The number of nitrogens with one attached hydrogen (secondary N) is 2. The third-order valence-corrected chi connectivity index (χ3v) is 4.17. The van der Waals surface area contributed by atoms with Crippen molar-refractivity contribution in [2.45, 2.75) is 38.8 Å². The van der Waals surface area contributed by atoms with Gasteiger partial charge in [-0.15, -0.1) is 0 Å². The summed E-state index contributed by atoms with van der Waals surface area (Å²) in [5.74, 6) is -1.56. The van der Waals surface area contributed by atoms with E-state index in [9.17, 15) is 19.2 Å². The van der Waals surface area contributed by atoms with Crippen LogP contribution in [0.2, 0.25) is 0 Å². The van der Waals surface area contributed by atoms with Gasteiger partial charge >= 0.3 is 12.1 Å². The Morgan fingerprint density at radius 1 is 1.19 bits per heavy atom. The van der Waals surface area contributed by atoms with Crippen LogP contribution in [0.5, 0.6) is 0 Å². The Morgan fingerprint density at radius 3 is 2.56 bits per heavy atom. The number of amides is 3. The summed E-state index contributed by atoms with van der Waals surface area (Å²) in [4.78, 5) is 48.1. The number of rotatable bonds is 7. The molecule has 146 valence electrons. The topological polar surface area (TPSA) is 114 Å². The minimum absolute atomic E-state index is 0.0282. The molecule has 1 aromatic rings. The first kappa shape index (κ1) is 20.2. The van der Waals surface area contributed by atoms with E-state index in [1.807, 2.05) is 18.2 Å². The Morgan fingerprint density at radius 2 is 1.89 bits per heavy atom. The fraction of sp³-hybridized carbons (Fsp3) is 0.444. The van der Waals surface area contributed by atoms with Crippen molar-refractivity contribution in [1.29, 1.82) is 0 Å². The number of carbonyl (C=O) groups is 4. The molecule has 2 rings (SSSR count). The molecule has 1 fully saturated rings. The first-order chi connectivity index (χ1) is 12.9. The summed E-state index contributed by atoms with van der Waals surface area (Å²) in [5, 5.41) is 3.39. The monoisotopic (exact) mass is 377 g/mol. The quantitative estimate of drug-likeness (QED) is 0.682. The minimum Gasteiger partial charge on any atom is -0.465 e. The first-order valence-electron chi connectivity index (χ1n) is 8.61. The van der Waals surface area contributed by atoms with E-state index in [-0.39, 0.29) is 32.6 Å². The second kappa shape index (κ2) is 9.02. The number of carbonyl (C=O) groups excluding carboxylic acids is 4. The number of hydrogen-bond donors (Lipinski definition) is 2. The van der Waals surface area contributed by atoms with Gasteiger partial charge in [0, 0.05) is 6.42 Å². The van der Waals surface area contributed by atoms with Crippen LogP contribution in [-0.2, 0) is 30.5 Å². The van der Waals surface area contributed by atoms with Crippen molar-refractivity contribution >= 4 is 23.9 Å². The van der Waals surface area contributed by atoms with Crippen LogP contribution in [0.25, 0.3) is 0 Å². The number of hydrazine groups is 1. The van der Waals surface area contributed by atoms with Gasteiger partial charge in [0.2, 0.25) is 11.8 Å². The molecular weight excluding hydrogens is 354 g/mol. The molecule has 0 aromatic heterocycles. The molecule has 0 saturated carbocycles. The van der Waals surface area contributed by atoms with E-state index in [0.717, 1.165) is 10.6 Å². The van der Waals surface area contributed by atoms with Gasteiger partial charge in [-0.3, -0.25) is 14.4 Å². The van der Waals surface area contributed by atoms with Crippen LogP contribution in [0.1, 0.15) is 32.3 Å². The molecule has 1 aliphatic heterocycles. The lowest BCUT2D eigenvalue weighted by atomic mass is 9.99. The highest BCUT2D eigenvalue weighted by Gasteiger charge is 2.48. The van der Waals surface area contributed by atoms with Crippen molar-refractivity contribution in [3.05, 3.63) is 35.9 Å². The van der Waals surface area contributed by atoms with E-state index < -0.39 is 29.4 Å². The maximum atomic E-state index is 12.5. The summed E-state index contributed by atoms with van der Waals surface area (Å²) in [7, 11) is 0. The summed E-state index contributed by atoms with van der Waals surface area (Å²) in [6, 6.07) is 9.05. The molecule has 1 atom stereocenters. The van der Waals surface area contributed by atoms with E-state index in [2.05, 4.69) is 10.7 Å². The smallest absolute Gasteiger partial charge is 0.426 e. The summed E-state index contributed by atoms with van der Waals surface area (Å²) >= 11 is 0. The highest BCUT2D eigenvalue weighted by atomic mass is 16.6. The standard InChI is InChI=1S/C18H23N3O6/c1-3-26-15(23)11-19-16(24)18(2)10-9-14(22)21(18)20-17(25)27-12-13-7-5-4-6-8-13/h4-8H,3,9-12H2,1-2H3,(H,19,24)(H,20,25). The largest absolute Gasteiger partial charge is 0.465 e.